The van der Waals surface area contributed by atoms with E-state index in [1.165, 1.54) is 0 Å². The molecule has 0 spiro atoms. The number of carbonyl (C=O) groups is 4. The third kappa shape index (κ3) is 7.02. The predicted molar refractivity (Wildman–Crippen MR) is 103 cm³/mol. The van der Waals surface area contributed by atoms with Crippen LogP contribution in [0.4, 0.5) is 0 Å². The lowest BCUT2D eigenvalue weighted by Crippen LogP contribution is -2.54. The molecule has 4 N–H and O–H groups in total. The molecule has 0 saturated carbocycles. The molecule has 0 aliphatic heterocycles. The first-order chi connectivity index (χ1) is 13.5. The lowest BCUT2D eigenvalue weighted by Gasteiger charge is -2.24. The van der Waals surface area contributed by atoms with Crippen molar-refractivity contribution in [3.63, 3.8) is 0 Å². The number of hydrogen-bond donors (Lipinski definition) is 4. The van der Waals surface area contributed by atoms with Crippen molar-refractivity contribution >= 4 is 23.8 Å². The van der Waals surface area contributed by atoms with Crippen LogP contribution in [0, 0.1) is 19.8 Å². The standard InChI is InChI=1S/C20H28N2O6/c1-11(2)18(19(26)21-15(20(27)28)8-9-17(24)25)22-16(23)10-14-12(3)6-5-7-13(14)4/h5-7,11,15,18H,8-10H2,1-4H3,(H,21,26)(H,22,23)(H,24,25)(H,27,28)/t15-,18-/m0/s1/i/hD. The van der Waals surface area contributed by atoms with Gasteiger partial charge in [-0.3, -0.25) is 14.4 Å². The van der Waals surface area contributed by atoms with E-state index in [1.807, 2.05) is 32.0 Å². The molecule has 1 aromatic rings. The minimum absolute atomic E-state index is 0.0557. The Hall–Kier alpha value is -2.90. The predicted octanol–water partition coefficient (Wildman–Crippen LogP) is 1.42. The Balaban J connectivity index is 2.96. The maximum Gasteiger partial charge on any atom is 0.326 e. The molecule has 0 radical (unpaired) electrons. The Morgan fingerprint density at radius 3 is 2.14 bits per heavy atom. The van der Waals surface area contributed by atoms with E-state index in [2.05, 4.69) is 5.32 Å². The number of carboxylic acid groups (broad SMARTS) is 2. The quantitative estimate of drug-likeness (QED) is 0.475. The zero-order valence-corrected chi connectivity index (χ0v) is 16.6. The molecule has 0 fully saturated rings. The second-order valence-corrected chi connectivity index (χ2v) is 7.09. The molecule has 0 aliphatic carbocycles. The van der Waals surface area contributed by atoms with Crippen molar-refractivity contribution in [2.75, 3.05) is 0 Å². The summed E-state index contributed by atoms with van der Waals surface area (Å²) < 4.78 is 8.19. The van der Waals surface area contributed by atoms with Crippen LogP contribution < -0.4 is 10.6 Å². The monoisotopic (exact) mass is 393 g/mol. The topological polar surface area (TPSA) is 133 Å². The van der Waals surface area contributed by atoms with Crippen molar-refractivity contribution in [3.8, 4) is 0 Å². The minimum Gasteiger partial charge on any atom is -0.481 e. The molecule has 1 aromatic carbocycles. The van der Waals surface area contributed by atoms with Gasteiger partial charge in [0.15, 0.2) is 1.41 Å². The van der Waals surface area contributed by atoms with E-state index in [1.54, 1.807) is 13.8 Å². The number of hydrogen-bond acceptors (Lipinski definition) is 4. The molecule has 2 amide bonds. The van der Waals surface area contributed by atoms with Crippen LogP contribution >= 0.6 is 0 Å². The van der Waals surface area contributed by atoms with E-state index in [0.717, 1.165) is 16.7 Å². The molecular weight excluding hydrogens is 364 g/mol. The molecule has 0 aromatic heterocycles. The second-order valence-electron chi connectivity index (χ2n) is 7.09. The van der Waals surface area contributed by atoms with Crippen LogP contribution in [0.1, 0.15) is 43.4 Å². The summed E-state index contributed by atoms with van der Waals surface area (Å²) in [5.41, 5.74) is 2.58. The van der Waals surface area contributed by atoms with Crippen LogP contribution in [-0.4, -0.2) is 46.0 Å². The Bertz CT molecular complexity index is 760. The second kappa shape index (κ2) is 10.4. The number of aliphatic carboxylic acids is 2. The van der Waals surface area contributed by atoms with Crippen LogP contribution in [0.15, 0.2) is 18.2 Å². The lowest BCUT2D eigenvalue weighted by molar-refractivity contribution is -0.143. The number of carbonyl (C=O) groups excluding carboxylic acids is 2. The summed E-state index contributed by atoms with van der Waals surface area (Å²) in [5.74, 6) is -4.41. The van der Waals surface area contributed by atoms with Crippen molar-refractivity contribution in [1.29, 1.82) is 0 Å². The maximum absolute atomic E-state index is 12.7. The van der Waals surface area contributed by atoms with Crippen LogP contribution in [0.5, 0.6) is 0 Å². The Kier molecular flexibility index (Phi) is 7.98. The fourth-order valence-electron chi connectivity index (χ4n) is 2.77. The lowest BCUT2D eigenvalue weighted by atomic mass is 9.98. The number of rotatable bonds is 10. The van der Waals surface area contributed by atoms with Crippen LogP contribution in [0.25, 0.3) is 0 Å². The summed E-state index contributed by atoms with van der Waals surface area (Å²) in [5, 5.41) is 20.8. The van der Waals surface area contributed by atoms with Gasteiger partial charge < -0.3 is 20.8 Å². The van der Waals surface area contributed by atoms with Gasteiger partial charge in [-0.2, -0.15) is 0 Å². The Labute approximate surface area is 165 Å². The van der Waals surface area contributed by atoms with Gasteiger partial charge in [0, 0.05) is 6.42 Å². The summed E-state index contributed by atoms with van der Waals surface area (Å²) in [6, 6.07) is 2.96. The molecule has 154 valence electrons. The van der Waals surface area contributed by atoms with Crippen molar-refractivity contribution < 1.29 is 30.8 Å². The van der Waals surface area contributed by atoms with Crippen LogP contribution in [0.3, 0.4) is 0 Å². The molecule has 28 heavy (non-hydrogen) atoms. The van der Waals surface area contributed by atoms with Gasteiger partial charge in [0.1, 0.15) is 12.1 Å². The highest BCUT2D eigenvalue weighted by Gasteiger charge is 2.29. The summed E-state index contributed by atoms with van der Waals surface area (Å²) in [4.78, 5) is 47.3. The van der Waals surface area contributed by atoms with Gasteiger partial charge in [-0.1, -0.05) is 32.0 Å². The largest absolute Gasteiger partial charge is 0.481 e. The van der Waals surface area contributed by atoms with Crippen molar-refractivity contribution in [2.24, 2.45) is 5.92 Å². The Morgan fingerprint density at radius 2 is 1.68 bits per heavy atom. The van der Waals surface area contributed by atoms with Gasteiger partial charge in [-0.15, -0.1) is 0 Å². The molecule has 0 aliphatic rings. The van der Waals surface area contributed by atoms with Crippen LogP contribution in [0.2, 0.25) is 1.41 Å². The van der Waals surface area contributed by atoms with E-state index in [-0.39, 0.29) is 12.8 Å². The van der Waals surface area contributed by atoms with Gasteiger partial charge in [0.2, 0.25) is 11.8 Å². The van der Waals surface area contributed by atoms with Gasteiger partial charge in [-0.25, -0.2) is 4.79 Å². The number of carboxylic acids is 2. The van der Waals surface area contributed by atoms with E-state index in [9.17, 15) is 24.3 Å². The first-order valence-corrected chi connectivity index (χ1v) is 9.06. The Morgan fingerprint density at radius 1 is 1.11 bits per heavy atom. The summed E-state index contributed by atoms with van der Waals surface area (Å²) in [6.45, 7) is 7.00. The van der Waals surface area contributed by atoms with Gasteiger partial charge in [-0.05, 0) is 42.9 Å². The van der Waals surface area contributed by atoms with E-state index in [4.69, 9.17) is 6.52 Å². The number of aryl methyl sites for hydroxylation is 2. The van der Waals surface area contributed by atoms with Crippen molar-refractivity contribution in [2.45, 2.75) is 59.0 Å². The highest BCUT2D eigenvalue weighted by Crippen LogP contribution is 2.14. The van der Waals surface area contributed by atoms with Gasteiger partial charge >= 0.3 is 11.9 Å². The smallest absolute Gasteiger partial charge is 0.326 e. The molecule has 8 heteroatoms. The molecule has 2 atom stereocenters. The fourth-order valence-corrected chi connectivity index (χ4v) is 2.77. The summed E-state index contributed by atoms with van der Waals surface area (Å²) in [7, 11) is 0. The summed E-state index contributed by atoms with van der Waals surface area (Å²) >= 11 is 0. The molecule has 1 rings (SSSR count). The number of amides is 2. The first-order valence-electron chi connectivity index (χ1n) is 9.51. The minimum atomic E-state index is -1.41. The number of benzene rings is 1. The molecule has 0 saturated heterocycles. The molecule has 0 bridgehead atoms. The average molecular weight is 393 g/mol. The third-order valence-corrected chi connectivity index (χ3v) is 4.42. The molecule has 0 heterocycles. The average Bonchev–Trinajstić information content (AvgIpc) is 2.60. The van der Waals surface area contributed by atoms with Crippen LogP contribution in [-0.2, 0) is 25.6 Å². The third-order valence-electron chi connectivity index (χ3n) is 4.42. The summed E-state index contributed by atoms with van der Waals surface area (Å²) in [6.07, 6.45) is -0.783. The maximum atomic E-state index is 12.7. The molecule has 8 nitrogen and oxygen atoms in total. The van der Waals surface area contributed by atoms with Gasteiger partial charge in [0.25, 0.3) is 0 Å². The highest BCUT2D eigenvalue weighted by atomic mass is 16.4. The van der Waals surface area contributed by atoms with E-state index in [0.29, 0.717) is 5.31 Å². The molecular formula is C20H28N2O6. The van der Waals surface area contributed by atoms with Gasteiger partial charge in [0.05, 0.1) is 6.42 Å². The fraction of sp³-hybridized carbons (Fsp3) is 0.500. The van der Waals surface area contributed by atoms with Crippen molar-refractivity contribution in [1.82, 2.24) is 10.6 Å². The zero-order chi connectivity index (χ0) is 22.3. The highest BCUT2D eigenvalue weighted by molar-refractivity contribution is 5.91. The number of nitrogens with one attached hydrogen (secondary N) is 2. The van der Waals surface area contributed by atoms with Crippen molar-refractivity contribution in [3.05, 3.63) is 34.9 Å². The molecule has 0 unspecified atom stereocenters. The zero-order valence-electron chi connectivity index (χ0n) is 17.6. The van der Waals surface area contributed by atoms with E-state index < -0.39 is 48.2 Å². The normalized spacial score (nSPS) is 13.4. The SMILES string of the molecule is [2H]N(C(=O)Cc1c(C)cccc1C)[C@H](C(=O)N[C@@H](CCC(=O)O)C(=O)O)C(C)C. The first kappa shape index (κ1) is 21.4. The van der Waals surface area contributed by atoms with E-state index >= 15 is 0 Å².